The van der Waals surface area contributed by atoms with Crippen molar-refractivity contribution >= 4 is 17.7 Å². The molecule has 0 amide bonds. The Morgan fingerprint density at radius 2 is 1.59 bits per heavy atom. The predicted octanol–water partition coefficient (Wildman–Crippen LogP) is 3.92. The lowest BCUT2D eigenvalue weighted by Gasteiger charge is -2.34. The molecule has 0 spiro atoms. The van der Waals surface area contributed by atoms with Crippen LogP contribution in [-0.2, 0) is 6.54 Å². The highest BCUT2D eigenvalue weighted by Crippen LogP contribution is 2.17. The number of hydrogen-bond acceptors (Lipinski definition) is 5. The normalized spacial score (nSPS) is 15.0. The van der Waals surface area contributed by atoms with Gasteiger partial charge in [0.25, 0.3) is 0 Å². The third kappa shape index (κ3) is 5.65. The lowest BCUT2D eigenvalue weighted by Crippen LogP contribution is -2.46. The molecule has 0 radical (unpaired) electrons. The Morgan fingerprint density at radius 3 is 2.34 bits per heavy atom. The SMILES string of the molecule is C(=C\c1ccccc1)/CN1CCN(c2cc(NCc3ccccc3)ncn2)CC1. The fourth-order valence-corrected chi connectivity index (χ4v) is 3.47. The molecule has 3 aromatic rings. The van der Waals surface area contributed by atoms with E-state index < -0.39 is 0 Å². The van der Waals surface area contributed by atoms with Crippen molar-refractivity contribution in [3.05, 3.63) is 90.3 Å². The number of rotatable bonds is 7. The fraction of sp³-hybridized carbons (Fsp3) is 0.250. The van der Waals surface area contributed by atoms with Gasteiger partial charge in [-0.3, -0.25) is 4.90 Å². The second-order valence-corrected chi connectivity index (χ2v) is 7.20. The topological polar surface area (TPSA) is 44.3 Å². The van der Waals surface area contributed by atoms with E-state index in [9.17, 15) is 0 Å². The molecule has 5 heteroatoms. The largest absolute Gasteiger partial charge is 0.366 e. The second-order valence-electron chi connectivity index (χ2n) is 7.20. The molecule has 2 aromatic carbocycles. The molecule has 1 fully saturated rings. The fourth-order valence-electron chi connectivity index (χ4n) is 3.47. The van der Waals surface area contributed by atoms with Gasteiger partial charge in [-0.2, -0.15) is 0 Å². The molecule has 1 N–H and O–H groups in total. The lowest BCUT2D eigenvalue weighted by atomic mass is 10.2. The van der Waals surface area contributed by atoms with Crippen molar-refractivity contribution in [3.8, 4) is 0 Å². The molecular formula is C24H27N5. The molecule has 1 aliphatic heterocycles. The Kier molecular flexibility index (Phi) is 6.50. The zero-order valence-electron chi connectivity index (χ0n) is 16.6. The highest BCUT2D eigenvalue weighted by atomic mass is 15.3. The minimum absolute atomic E-state index is 0.763. The molecule has 0 bridgehead atoms. The summed E-state index contributed by atoms with van der Waals surface area (Å²) in [5.74, 6) is 1.86. The van der Waals surface area contributed by atoms with Gasteiger partial charge in [-0.1, -0.05) is 72.8 Å². The minimum Gasteiger partial charge on any atom is -0.366 e. The van der Waals surface area contributed by atoms with Crippen LogP contribution in [0.5, 0.6) is 0 Å². The Labute approximate surface area is 172 Å². The van der Waals surface area contributed by atoms with Gasteiger partial charge in [0.1, 0.15) is 18.0 Å². The highest BCUT2D eigenvalue weighted by molar-refractivity contribution is 5.50. The number of benzene rings is 2. The van der Waals surface area contributed by atoms with Gasteiger partial charge in [0.2, 0.25) is 0 Å². The first-order valence-electron chi connectivity index (χ1n) is 10.2. The van der Waals surface area contributed by atoms with Crippen molar-refractivity contribution in [2.45, 2.75) is 6.54 Å². The van der Waals surface area contributed by atoms with Crippen LogP contribution in [0.1, 0.15) is 11.1 Å². The van der Waals surface area contributed by atoms with E-state index >= 15 is 0 Å². The molecule has 4 rings (SSSR count). The van der Waals surface area contributed by atoms with Gasteiger partial charge < -0.3 is 10.2 Å². The number of nitrogens with one attached hydrogen (secondary N) is 1. The first kappa shape index (κ1) is 19.2. The van der Waals surface area contributed by atoms with Crippen molar-refractivity contribution in [1.29, 1.82) is 0 Å². The summed E-state index contributed by atoms with van der Waals surface area (Å²) in [6.07, 6.45) is 6.10. The van der Waals surface area contributed by atoms with Crippen molar-refractivity contribution in [2.24, 2.45) is 0 Å². The Balaban J connectivity index is 1.26. The van der Waals surface area contributed by atoms with Gasteiger partial charge in [-0.25, -0.2) is 9.97 Å². The van der Waals surface area contributed by atoms with Crippen LogP contribution in [0.3, 0.4) is 0 Å². The Morgan fingerprint density at radius 1 is 0.862 bits per heavy atom. The molecule has 0 saturated carbocycles. The monoisotopic (exact) mass is 385 g/mol. The number of anilines is 2. The molecule has 0 unspecified atom stereocenters. The van der Waals surface area contributed by atoms with Gasteiger partial charge in [0, 0.05) is 45.3 Å². The summed E-state index contributed by atoms with van der Waals surface area (Å²) in [7, 11) is 0. The first-order chi connectivity index (χ1) is 14.4. The van der Waals surface area contributed by atoms with Gasteiger partial charge in [-0.05, 0) is 11.1 Å². The van der Waals surface area contributed by atoms with Crippen molar-refractivity contribution in [2.75, 3.05) is 42.9 Å². The number of piperazine rings is 1. The molecule has 1 aromatic heterocycles. The third-order valence-corrected chi connectivity index (χ3v) is 5.14. The maximum Gasteiger partial charge on any atom is 0.134 e. The number of aromatic nitrogens is 2. The van der Waals surface area contributed by atoms with Crippen LogP contribution in [0, 0.1) is 0 Å². The van der Waals surface area contributed by atoms with E-state index in [4.69, 9.17) is 0 Å². The smallest absolute Gasteiger partial charge is 0.134 e. The Bertz CT molecular complexity index is 903. The van der Waals surface area contributed by atoms with Crippen LogP contribution in [0.15, 0.2) is 79.1 Å². The summed E-state index contributed by atoms with van der Waals surface area (Å²) in [5, 5.41) is 3.40. The predicted molar refractivity (Wildman–Crippen MR) is 120 cm³/mol. The van der Waals surface area contributed by atoms with E-state index in [0.717, 1.165) is 50.9 Å². The van der Waals surface area contributed by atoms with Gasteiger partial charge in [0.05, 0.1) is 0 Å². The summed E-state index contributed by atoms with van der Waals surface area (Å²) in [6, 6.07) is 22.9. The summed E-state index contributed by atoms with van der Waals surface area (Å²) >= 11 is 0. The van der Waals surface area contributed by atoms with E-state index in [-0.39, 0.29) is 0 Å². The van der Waals surface area contributed by atoms with Crippen molar-refractivity contribution < 1.29 is 0 Å². The summed E-state index contributed by atoms with van der Waals surface area (Å²) < 4.78 is 0. The van der Waals surface area contributed by atoms with Crippen molar-refractivity contribution in [1.82, 2.24) is 14.9 Å². The zero-order chi connectivity index (χ0) is 19.7. The second kappa shape index (κ2) is 9.85. The third-order valence-electron chi connectivity index (χ3n) is 5.14. The van der Waals surface area contributed by atoms with Crippen LogP contribution >= 0.6 is 0 Å². The lowest BCUT2D eigenvalue weighted by molar-refractivity contribution is 0.283. The molecule has 1 aliphatic rings. The highest BCUT2D eigenvalue weighted by Gasteiger charge is 2.17. The molecule has 2 heterocycles. The minimum atomic E-state index is 0.763. The van der Waals surface area contributed by atoms with Crippen molar-refractivity contribution in [3.63, 3.8) is 0 Å². The number of hydrogen-bond donors (Lipinski definition) is 1. The summed E-state index contributed by atoms with van der Waals surface area (Å²) in [5.41, 5.74) is 2.49. The van der Waals surface area contributed by atoms with Gasteiger partial charge in [-0.15, -0.1) is 0 Å². The maximum atomic E-state index is 4.49. The average Bonchev–Trinajstić information content (AvgIpc) is 2.80. The molecular weight excluding hydrogens is 358 g/mol. The molecule has 5 nitrogen and oxygen atoms in total. The maximum absolute atomic E-state index is 4.49. The zero-order valence-corrected chi connectivity index (χ0v) is 16.6. The summed E-state index contributed by atoms with van der Waals surface area (Å²) in [4.78, 5) is 13.7. The molecule has 148 valence electrons. The van der Waals surface area contributed by atoms with Crippen LogP contribution in [-0.4, -0.2) is 47.6 Å². The van der Waals surface area contributed by atoms with E-state index in [0.29, 0.717) is 0 Å². The first-order valence-corrected chi connectivity index (χ1v) is 10.2. The summed E-state index contributed by atoms with van der Waals surface area (Å²) in [6.45, 7) is 5.78. The van der Waals surface area contributed by atoms with E-state index in [1.807, 2.05) is 18.2 Å². The molecule has 0 aliphatic carbocycles. The average molecular weight is 386 g/mol. The van der Waals surface area contributed by atoms with Gasteiger partial charge in [0.15, 0.2) is 0 Å². The van der Waals surface area contributed by atoms with Crippen LogP contribution in [0.4, 0.5) is 11.6 Å². The van der Waals surface area contributed by atoms with Gasteiger partial charge >= 0.3 is 0 Å². The van der Waals surface area contributed by atoms with Crippen LogP contribution in [0.25, 0.3) is 6.08 Å². The van der Waals surface area contributed by atoms with E-state index in [1.54, 1.807) is 6.33 Å². The van der Waals surface area contributed by atoms with Crippen LogP contribution < -0.4 is 10.2 Å². The molecule has 1 saturated heterocycles. The quantitative estimate of drug-likeness (QED) is 0.668. The van der Waals surface area contributed by atoms with Crippen LogP contribution in [0.2, 0.25) is 0 Å². The Hall–Kier alpha value is -3.18. The molecule has 29 heavy (non-hydrogen) atoms. The standard InChI is InChI=1S/C24H27N5/c1-3-8-21(9-4-1)12-7-13-28-14-16-29(17-15-28)24-18-23(26-20-27-24)25-19-22-10-5-2-6-11-22/h1-12,18,20H,13-17,19H2,(H,25,26,27)/b12-7+. The number of nitrogens with zero attached hydrogens (tertiary/aromatic N) is 4. The van der Waals surface area contributed by atoms with E-state index in [2.05, 4.69) is 85.8 Å². The molecule has 0 atom stereocenters. The van der Waals surface area contributed by atoms with E-state index in [1.165, 1.54) is 11.1 Å².